The molecule has 1 saturated heterocycles. The summed E-state index contributed by atoms with van der Waals surface area (Å²) >= 11 is 1.42. The number of anilines is 2. The van der Waals surface area contributed by atoms with Crippen LogP contribution in [0, 0.1) is 11.8 Å². The molecule has 6 heterocycles. The predicted octanol–water partition coefficient (Wildman–Crippen LogP) is 6.36. The van der Waals surface area contributed by atoms with E-state index in [1.54, 1.807) is 0 Å². The van der Waals surface area contributed by atoms with Gasteiger partial charge in [0.1, 0.15) is 18.2 Å². The molecule has 1 N–H and O–H groups in total. The van der Waals surface area contributed by atoms with Crippen LogP contribution in [0.4, 0.5) is 10.9 Å². The van der Waals surface area contributed by atoms with Gasteiger partial charge >= 0.3 is 27.7 Å². The number of hydrazone groups is 1. The van der Waals surface area contributed by atoms with Gasteiger partial charge in [-0.25, -0.2) is 19.6 Å². The lowest BCUT2D eigenvalue weighted by Gasteiger charge is -2.32. The van der Waals surface area contributed by atoms with Gasteiger partial charge in [-0.2, -0.15) is 8.42 Å². The molecule has 0 radical (unpaired) electrons. The van der Waals surface area contributed by atoms with Crippen molar-refractivity contribution < 1.29 is 40.9 Å². The molecule has 2 atom stereocenters. The minimum atomic E-state index is -4.23. The van der Waals surface area contributed by atoms with E-state index in [-0.39, 0.29) is 43.9 Å². The molecule has 2 amide bonds. The molecule has 62 heavy (non-hydrogen) atoms. The van der Waals surface area contributed by atoms with Crippen molar-refractivity contribution in [1.29, 1.82) is 0 Å². The van der Waals surface area contributed by atoms with Gasteiger partial charge < -0.3 is 19.1 Å². The Labute approximate surface area is 365 Å². The van der Waals surface area contributed by atoms with Crippen molar-refractivity contribution in [3.8, 4) is 0 Å². The molecule has 17 heteroatoms. The smallest absolute Gasteiger partial charge is 0.387 e. The number of benzene rings is 2. The number of para-hydroxylation sites is 1. The van der Waals surface area contributed by atoms with Gasteiger partial charge in [0.05, 0.1) is 42.2 Å². The largest absolute Gasteiger partial charge is 0.464 e. The molecule has 1 saturated carbocycles. The van der Waals surface area contributed by atoms with Crippen LogP contribution in [0.2, 0.25) is 0 Å². The fourth-order valence-corrected chi connectivity index (χ4v) is 11.9. The van der Waals surface area contributed by atoms with Gasteiger partial charge in [-0.1, -0.05) is 72.6 Å². The predicted molar refractivity (Wildman–Crippen MR) is 236 cm³/mol. The maximum atomic E-state index is 14.9. The lowest BCUT2D eigenvalue weighted by Crippen LogP contribution is -2.48. The highest BCUT2D eigenvalue weighted by molar-refractivity contribution is 7.87. The van der Waals surface area contributed by atoms with Crippen LogP contribution in [-0.2, 0) is 42.0 Å². The number of carbonyl (C=O) groups is 3. The molecular formula is C45H52N7O8S2+. The van der Waals surface area contributed by atoms with Gasteiger partial charge in [-0.3, -0.25) is 15.1 Å². The fourth-order valence-electron chi connectivity index (χ4n) is 9.24. The number of aromatic nitrogens is 2. The maximum absolute atomic E-state index is 14.9. The topological polar surface area (TPSA) is 170 Å². The van der Waals surface area contributed by atoms with Crippen LogP contribution in [0.1, 0.15) is 90.4 Å². The zero-order valence-corrected chi connectivity index (χ0v) is 36.9. The number of ether oxygens (including phenoxy) is 3. The normalized spacial score (nSPS) is 20.8. The molecule has 4 aromatic rings. The van der Waals surface area contributed by atoms with E-state index in [1.165, 1.54) is 17.8 Å². The fraction of sp³-hybridized carbons (Fsp3) is 0.467. The third kappa shape index (κ3) is 7.82. The molecule has 0 spiro atoms. The Kier molecular flexibility index (Phi) is 11.7. The Morgan fingerprint density at radius 2 is 1.79 bits per heavy atom. The van der Waals surface area contributed by atoms with Crippen molar-refractivity contribution in [2.45, 2.75) is 71.9 Å². The highest BCUT2D eigenvalue weighted by Gasteiger charge is 2.83. The first-order chi connectivity index (χ1) is 30.0. The van der Waals surface area contributed by atoms with E-state index in [1.807, 2.05) is 85.3 Å². The number of thiazole rings is 1. The number of nitrogens with zero attached hydrogens (tertiary/aromatic N) is 6. The Balaban J connectivity index is 0.963. The van der Waals surface area contributed by atoms with Gasteiger partial charge in [0, 0.05) is 36.5 Å². The zero-order chi connectivity index (χ0) is 43.2. The Morgan fingerprint density at radius 1 is 0.984 bits per heavy atom. The van der Waals surface area contributed by atoms with Crippen LogP contribution in [-0.4, -0.2) is 109 Å². The number of quaternary nitrogens is 1. The second-order valence-corrected chi connectivity index (χ2v) is 20.2. The lowest BCUT2D eigenvalue weighted by atomic mass is 9.88. The summed E-state index contributed by atoms with van der Waals surface area (Å²) < 4.78 is 45.4. The number of rotatable bonds is 16. The van der Waals surface area contributed by atoms with Crippen molar-refractivity contribution in [3.63, 3.8) is 0 Å². The Hall–Kier alpha value is -5.07. The molecule has 1 aliphatic carbocycles. The monoisotopic (exact) mass is 882 g/mol. The summed E-state index contributed by atoms with van der Waals surface area (Å²) in [6.07, 6.45) is 6.32. The summed E-state index contributed by atoms with van der Waals surface area (Å²) in [7, 11) is -4.23. The van der Waals surface area contributed by atoms with Crippen molar-refractivity contribution in [2.24, 2.45) is 16.9 Å². The Morgan fingerprint density at radius 3 is 2.60 bits per heavy atom. The van der Waals surface area contributed by atoms with E-state index in [2.05, 4.69) is 10.3 Å². The summed E-state index contributed by atoms with van der Waals surface area (Å²) in [5, 5.41) is 10.4. The van der Waals surface area contributed by atoms with Crippen LogP contribution < -0.4 is 10.2 Å². The third-order valence-corrected chi connectivity index (χ3v) is 15.5. The first kappa shape index (κ1) is 42.2. The number of fused-ring (bicyclic) bond motifs is 5. The molecule has 15 nitrogen and oxygen atoms in total. The Bertz CT molecular complexity index is 2570. The number of amides is 2. The molecule has 2 unspecified atom stereocenters. The zero-order valence-electron chi connectivity index (χ0n) is 35.3. The molecule has 2 aromatic carbocycles. The van der Waals surface area contributed by atoms with Crippen LogP contribution in [0.25, 0.3) is 15.8 Å². The number of pyridine rings is 1. The number of amidine groups is 1. The standard InChI is InChI=1S/C45H51N7O8S2/c1-28(2)26-60-38(53)27-59-21-20-58-22-23-62(56,57)52-41-39(29(3)51(49-42(41)52)24-30-10-5-4-6-11-30)33-16-17-37(47-40(33)44(52)55)50-19-18-31-12-9-13-32(34(31)25-50)43(54)48-45-46-35-14-7-8-15-36(35)61-45/h7-9,12-17,28,30,41H,4-6,10-11,18-27H2,1-3H3/p+1. The van der Waals surface area contributed by atoms with E-state index < -0.39 is 37.6 Å². The summed E-state index contributed by atoms with van der Waals surface area (Å²) in [5.74, 6) is -0.351. The van der Waals surface area contributed by atoms with E-state index in [0.29, 0.717) is 66.5 Å². The summed E-state index contributed by atoms with van der Waals surface area (Å²) in [6, 6.07) is 16.5. The highest BCUT2D eigenvalue weighted by atomic mass is 32.2. The summed E-state index contributed by atoms with van der Waals surface area (Å²) in [6.45, 7) is 7.48. The lowest BCUT2D eigenvalue weighted by molar-refractivity contribution is -0.525. The van der Waals surface area contributed by atoms with Gasteiger partial charge in [0.15, 0.2) is 10.8 Å². The molecule has 2 fully saturated rings. The number of nitrogens with one attached hydrogen (secondary N) is 1. The molecule has 9 rings (SSSR count). The first-order valence-corrected chi connectivity index (χ1v) is 24.0. The second-order valence-electron chi connectivity index (χ2n) is 17.1. The highest BCUT2D eigenvalue weighted by Crippen LogP contribution is 2.56. The average molecular weight is 883 g/mol. The quantitative estimate of drug-likeness (QED) is 0.0573. The van der Waals surface area contributed by atoms with E-state index in [4.69, 9.17) is 24.3 Å². The first-order valence-electron chi connectivity index (χ1n) is 21.5. The van der Waals surface area contributed by atoms with Crippen LogP contribution in [0.3, 0.4) is 0 Å². The second kappa shape index (κ2) is 17.2. The average Bonchev–Trinajstić information content (AvgIpc) is 3.78. The number of hydrogen-bond acceptors (Lipinski definition) is 14. The number of allylic oxidation sites excluding steroid dienone is 1. The van der Waals surface area contributed by atoms with Crippen LogP contribution in [0.15, 0.2) is 65.4 Å². The third-order valence-electron chi connectivity index (χ3n) is 12.4. The van der Waals surface area contributed by atoms with Crippen molar-refractivity contribution in [1.82, 2.24) is 15.0 Å². The minimum absolute atomic E-state index is 0.0583. The number of carbonyl (C=O) groups excluding carboxylic acids is 3. The van der Waals surface area contributed by atoms with Crippen molar-refractivity contribution in [2.75, 3.05) is 62.1 Å². The van der Waals surface area contributed by atoms with Gasteiger partial charge in [0.25, 0.3) is 5.91 Å². The molecule has 0 bridgehead atoms. The minimum Gasteiger partial charge on any atom is -0.464 e. The van der Waals surface area contributed by atoms with Crippen LogP contribution >= 0.6 is 11.3 Å². The van der Waals surface area contributed by atoms with Crippen LogP contribution in [0.5, 0.6) is 0 Å². The molecule has 2 aromatic heterocycles. The van der Waals surface area contributed by atoms with Gasteiger partial charge in [-0.05, 0) is 79.5 Å². The molecular weight excluding hydrogens is 831 g/mol. The van der Waals surface area contributed by atoms with Gasteiger partial charge in [-0.15, -0.1) is 5.10 Å². The van der Waals surface area contributed by atoms with Crippen molar-refractivity contribution >= 4 is 71.7 Å². The summed E-state index contributed by atoms with van der Waals surface area (Å²) in [5.41, 5.74) is 5.58. The summed E-state index contributed by atoms with van der Waals surface area (Å²) in [4.78, 5) is 52.2. The van der Waals surface area contributed by atoms with E-state index >= 15 is 0 Å². The SMILES string of the molecule is CC1=C2c3ccc(N4CCc5cccc(C(=O)Nc6nc7ccccc7s6)c5C4)nc3C(=O)[N+]3(S(=O)(=O)CCOCCOCC(=O)OCC(C)C)C(=NN1CC1CCCCC1)C23. The number of hydrogen-bond donors (Lipinski definition) is 1. The van der Waals surface area contributed by atoms with E-state index in [0.717, 1.165) is 58.3 Å². The number of esters is 1. The number of sulfonamides is 1. The van der Waals surface area contributed by atoms with Gasteiger partial charge in [0.2, 0.25) is 6.04 Å². The van der Waals surface area contributed by atoms with Crippen molar-refractivity contribution in [3.05, 3.63) is 88.2 Å². The molecule has 4 aliphatic heterocycles. The maximum Gasteiger partial charge on any atom is 0.387 e. The van der Waals surface area contributed by atoms with E-state index in [9.17, 15) is 22.8 Å². The molecule has 5 aliphatic rings. The molecule has 326 valence electrons.